The fourth-order valence-electron chi connectivity index (χ4n) is 2.29. The first-order valence-corrected chi connectivity index (χ1v) is 6.61. The smallest absolute Gasteiger partial charge is 0.163 e. The van der Waals surface area contributed by atoms with Crippen molar-refractivity contribution in [1.29, 1.82) is 0 Å². The summed E-state index contributed by atoms with van der Waals surface area (Å²) in [6.07, 6.45) is 0. The Bertz CT molecular complexity index is 458. The van der Waals surface area contributed by atoms with Gasteiger partial charge in [0.15, 0.2) is 11.5 Å². The lowest BCUT2D eigenvalue weighted by atomic mass is 10.2. The topological polar surface area (TPSA) is 63.0 Å². The highest BCUT2D eigenvalue weighted by Gasteiger charge is 2.18. The first kappa shape index (κ1) is 12.4. The van der Waals surface area contributed by atoms with Gasteiger partial charge < -0.3 is 25.5 Å². The fourth-order valence-corrected chi connectivity index (χ4v) is 2.29. The molecule has 2 aliphatic heterocycles. The highest BCUT2D eigenvalue weighted by atomic mass is 16.6. The molecule has 0 bridgehead atoms. The van der Waals surface area contributed by atoms with E-state index in [1.807, 2.05) is 12.1 Å². The third kappa shape index (κ3) is 2.69. The molecule has 104 valence electrons. The Labute approximate surface area is 113 Å². The van der Waals surface area contributed by atoms with Crippen molar-refractivity contribution in [2.24, 2.45) is 0 Å². The maximum atomic E-state index is 6.05. The van der Waals surface area contributed by atoms with E-state index in [0.29, 0.717) is 18.9 Å². The number of benzene rings is 1. The van der Waals surface area contributed by atoms with Crippen LogP contribution in [-0.4, -0.2) is 56.3 Å². The number of nitrogens with two attached hydrogens (primary N) is 1. The van der Waals surface area contributed by atoms with Gasteiger partial charge in [0.2, 0.25) is 0 Å². The summed E-state index contributed by atoms with van der Waals surface area (Å²) in [7, 11) is 2.13. The molecule has 0 aromatic heterocycles. The predicted octanol–water partition coefficient (Wildman–Crippen LogP) is 0.614. The van der Waals surface area contributed by atoms with E-state index in [9.17, 15) is 0 Å². The highest BCUT2D eigenvalue weighted by molar-refractivity contribution is 5.71. The van der Waals surface area contributed by atoms with Gasteiger partial charge in [0.1, 0.15) is 13.2 Å². The quantitative estimate of drug-likeness (QED) is 0.763. The minimum absolute atomic E-state index is 0.581. The Morgan fingerprint density at radius 2 is 1.68 bits per heavy atom. The molecular formula is C13H20N4O2. The van der Waals surface area contributed by atoms with Crippen LogP contribution in [-0.2, 0) is 0 Å². The van der Waals surface area contributed by atoms with Gasteiger partial charge in [0, 0.05) is 38.3 Å². The molecule has 19 heavy (non-hydrogen) atoms. The molecule has 1 aromatic carbocycles. The zero-order chi connectivity index (χ0) is 13.2. The summed E-state index contributed by atoms with van der Waals surface area (Å²) in [4.78, 5) is 2.31. The van der Waals surface area contributed by atoms with E-state index in [0.717, 1.165) is 43.4 Å². The number of nitrogens with zero attached hydrogens (tertiary/aromatic N) is 2. The van der Waals surface area contributed by atoms with Gasteiger partial charge in [-0.3, -0.25) is 0 Å². The summed E-state index contributed by atoms with van der Waals surface area (Å²) in [5.41, 5.74) is 11.0. The molecule has 1 aromatic rings. The Kier molecular flexibility index (Phi) is 3.35. The lowest BCUT2D eigenvalue weighted by Gasteiger charge is -2.33. The van der Waals surface area contributed by atoms with E-state index >= 15 is 0 Å². The van der Waals surface area contributed by atoms with Crippen LogP contribution in [0.2, 0.25) is 0 Å². The number of hydrogen-bond acceptors (Lipinski definition) is 6. The maximum absolute atomic E-state index is 6.05. The third-order valence-electron chi connectivity index (χ3n) is 3.50. The Balaban J connectivity index is 1.73. The van der Waals surface area contributed by atoms with Gasteiger partial charge in [0.05, 0.1) is 11.4 Å². The summed E-state index contributed by atoms with van der Waals surface area (Å²) < 4.78 is 11.1. The van der Waals surface area contributed by atoms with Crippen LogP contribution >= 0.6 is 0 Å². The molecule has 0 atom stereocenters. The molecule has 2 aliphatic rings. The predicted molar refractivity (Wildman–Crippen MR) is 74.5 cm³/mol. The molecule has 0 unspecified atom stereocenters. The lowest BCUT2D eigenvalue weighted by Crippen LogP contribution is -2.47. The molecule has 1 fully saturated rings. The molecule has 0 amide bonds. The molecule has 0 aliphatic carbocycles. The molecule has 6 nitrogen and oxygen atoms in total. The molecule has 2 heterocycles. The van der Waals surface area contributed by atoms with E-state index < -0.39 is 0 Å². The number of nitrogens with one attached hydrogen (secondary N) is 1. The van der Waals surface area contributed by atoms with Gasteiger partial charge >= 0.3 is 0 Å². The van der Waals surface area contributed by atoms with E-state index in [4.69, 9.17) is 15.2 Å². The molecule has 3 N–H and O–H groups in total. The minimum Gasteiger partial charge on any atom is -0.486 e. The zero-order valence-corrected chi connectivity index (χ0v) is 11.2. The molecule has 1 saturated heterocycles. The van der Waals surface area contributed by atoms with Crippen LogP contribution in [0.4, 0.5) is 11.4 Å². The van der Waals surface area contributed by atoms with Crippen molar-refractivity contribution in [2.75, 3.05) is 57.6 Å². The summed E-state index contributed by atoms with van der Waals surface area (Å²) in [5.74, 6) is 1.49. The number of hydrogen-bond donors (Lipinski definition) is 2. The van der Waals surface area contributed by atoms with Crippen molar-refractivity contribution in [3.63, 3.8) is 0 Å². The first-order valence-electron chi connectivity index (χ1n) is 6.61. The zero-order valence-electron chi connectivity index (χ0n) is 11.2. The van der Waals surface area contributed by atoms with Crippen LogP contribution < -0.4 is 20.6 Å². The number of rotatable bonds is 2. The number of nitrogen functional groups attached to an aromatic ring is 1. The Morgan fingerprint density at radius 3 is 2.37 bits per heavy atom. The van der Waals surface area contributed by atoms with Crippen LogP contribution in [0.1, 0.15) is 0 Å². The van der Waals surface area contributed by atoms with E-state index in [1.54, 1.807) is 0 Å². The summed E-state index contributed by atoms with van der Waals surface area (Å²) in [6, 6.07) is 3.75. The van der Waals surface area contributed by atoms with Crippen LogP contribution in [0.15, 0.2) is 12.1 Å². The Hall–Kier alpha value is -1.66. The molecule has 3 rings (SSSR count). The second-order valence-electron chi connectivity index (χ2n) is 4.99. The standard InChI is InChI=1S/C13H20N4O2/c1-16-2-4-17(5-3-16)15-11-9-13-12(8-10(11)14)18-6-7-19-13/h8-9,15H,2-7,14H2,1H3. The van der Waals surface area contributed by atoms with Crippen molar-refractivity contribution >= 4 is 11.4 Å². The number of ether oxygens (including phenoxy) is 2. The van der Waals surface area contributed by atoms with Crippen LogP contribution in [0.3, 0.4) is 0 Å². The molecule has 0 spiro atoms. The van der Waals surface area contributed by atoms with Crippen LogP contribution in [0.5, 0.6) is 11.5 Å². The van der Waals surface area contributed by atoms with E-state index in [1.165, 1.54) is 0 Å². The van der Waals surface area contributed by atoms with Crippen molar-refractivity contribution < 1.29 is 9.47 Å². The number of piperazine rings is 1. The SMILES string of the molecule is CN1CCN(Nc2cc3c(cc2N)OCCO3)CC1. The second kappa shape index (κ2) is 5.14. The van der Waals surface area contributed by atoms with Gasteiger partial charge in [-0.2, -0.15) is 0 Å². The fraction of sp³-hybridized carbons (Fsp3) is 0.538. The number of hydrazine groups is 1. The van der Waals surface area contributed by atoms with Crippen LogP contribution in [0, 0.1) is 0 Å². The molecule has 6 heteroatoms. The van der Waals surface area contributed by atoms with Crippen molar-refractivity contribution in [1.82, 2.24) is 9.91 Å². The molecular weight excluding hydrogens is 244 g/mol. The number of likely N-dealkylation sites (N-methyl/N-ethyl adjacent to an activating group) is 1. The summed E-state index contributed by atoms with van der Waals surface area (Å²) in [5, 5.41) is 2.18. The monoisotopic (exact) mass is 264 g/mol. The second-order valence-corrected chi connectivity index (χ2v) is 4.99. The third-order valence-corrected chi connectivity index (χ3v) is 3.50. The van der Waals surface area contributed by atoms with Crippen molar-refractivity contribution in [2.45, 2.75) is 0 Å². The van der Waals surface area contributed by atoms with Gasteiger partial charge in [-0.1, -0.05) is 0 Å². The highest BCUT2D eigenvalue weighted by Crippen LogP contribution is 2.37. The average Bonchev–Trinajstić information content (AvgIpc) is 2.42. The molecule has 0 radical (unpaired) electrons. The lowest BCUT2D eigenvalue weighted by molar-refractivity contribution is 0.170. The molecule has 0 saturated carbocycles. The minimum atomic E-state index is 0.581. The van der Waals surface area contributed by atoms with Crippen LogP contribution in [0.25, 0.3) is 0 Å². The number of anilines is 2. The van der Waals surface area contributed by atoms with E-state index in [-0.39, 0.29) is 0 Å². The van der Waals surface area contributed by atoms with Gasteiger partial charge in [-0.25, -0.2) is 5.01 Å². The van der Waals surface area contributed by atoms with Gasteiger partial charge in [0.25, 0.3) is 0 Å². The van der Waals surface area contributed by atoms with E-state index in [2.05, 4.69) is 22.4 Å². The number of fused-ring (bicyclic) bond motifs is 1. The first-order chi connectivity index (χ1) is 9.22. The van der Waals surface area contributed by atoms with Crippen molar-refractivity contribution in [3.8, 4) is 11.5 Å². The average molecular weight is 264 g/mol. The van der Waals surface area contributed by atoms with Gasteiger partial charge in [-0.05, 0) is 7.05 Å². The normalized spacial score (nSPS) is 20.3. The van der Waals surface area contributed by atoms with Gasteiger partial charge in [-0.15, -0.1) is 0 Å². The maximum Gasteiger partial charge on any atom is 0.163 e. The van der Waals surface area contributed by atoms with Crippen molar-refractivity contribution in [3.05, 3.63) is 12.1 Å². The largest absolute Gasteiger partial charge is 0.486 e. The summed E-state index contributed by atoms with van der Waals surface area (Å²) in [6.45, 7) is 5.23. The summed E-state index contributed by atoms with van der Waals surface area (Å²) >= 11 is 0. The Morgan fingerprint density at radius 1 is 1.05 bits per heavy atom.